The van der Waals surface area contributed by atoms with E-state index in [9.17, 15) is 14.4 Å². The first-order chi connectivity index (χ1) is 12.9. The maximum atomic E-state index is 11.8. The summed E-state index contributed by atoms with van der Waals surface area (Å²) in [5.74, 6) is -0.691. The van der Waals surface area contributed by atoms with E-state index in [0.717, 1.165) is 0 Å². The highest BCUT2D eigenvalue weighted by molar-refractivity contribution is 9.10. The van der Waals surface area contributed by atoms with Gasteiger partial charge >= 0.3 is 5.97 Å². The molecule has 1 amide bonds. The lowest BCUT2D eigenvalue weighted by Crippen LogP contribution is -2.23. The van der Waals surface area contributed by atoms with E-state index in [1.54, 1.807) is 24.3 Å². The summed E-state index contributed by atoms with van der Waals surface area (Å²) in [4.78, 5) is 35.0. The molecule has 0 spiro atoms. The molecule has 0 unspecified atom stereocenters. The van der Waals surface area contributed by atoms with Crippen molar-refractivity contribution in [3.05, 3.63) is 52.5 Å². The number of ether oxygens (including phenoxy) is 3. The number of carbonyl (C=O) groups is 3. The van der Waals surface area contributed by atoms with Crippen molar-refractivity contribution in [2.24, 2.45) is 0 Å². The summed E-state index contributed by atoms with van der Waals surface area (Å²) in [7, 11) is 1.43. The number of hydrogen-bond donors (Lipinski definition) is 1. The molecular weight excluding hydrogens is 418 g/mol. The molecule has 0 aliphatic rings. The van der Waals surface area contributed by atoms with E-state index in [1.807, 2.05) is 6.07 Å². The third kappa shape index (κ3) is 6.10. The Labute approximate surface area is 164 Å². The molecule has 2 aromatic rings. The van der Waals surface area contributed by atoms with Crippen LogP contribution >= 0.6 is 15.9 Å². The molecule has 0 aromatic heterocycles. The minimum atomic E-state index is -0.713. The average Bonchev–Trinajstić information content (AvgIpc) is 2.66. The average molecular weight is 436 g/mol. The van der Waals surface area contributed by atoms with Gasteiger partial charge in [-0.05, 0) is 53.2 Å². The van der Waals surface area contributed by atoms with Crippen molar-refractivity contribution < 1.29 is 28.6 Å². The number of nitrogens with one attached hydrogen (secondary N) is 1. The first-order valence-corrected chi connectivity index (χ1v) is 8.71. The first-order valence-electron chi connectivity index (χ1n) is 7.92. The monoisotopic (exact) mass is 435 g/mol. The number of anilines is 1. The van der Waals surface area contributed by atoms with Gasteiger partial charge < -0.3 is 19.5 Å². The van der Waals surface area contributed by atoms with Gasteiger partial charge in [0.25, 0.3) is 5.91 Å². The quantitative estimate of drug-likeness (QED) is 0.505. The molecule has 0 heterocycles. The summed E-state index contributed by atoms with van der Waals surface area (Å²) in [6.45, 7) is 0.591. The summed E-state index contributed by atoms with van der Waals surface area (Å²) < 4.78 is 16.1. The van der Waals surface area contributed by atoms with Gasteiger partial charge in [0.05, 0.1) is 12.8 Å². The van der Waals surface area contributed by atoms with Gasteiger partial charge in [-0.25, -0.2) is 4.79 Å². The summed E-state index contributed by atoms with van der Waals surface area (Å²) in [6.07, 6.45) is 0. The fraction of sp³-hybridized carbons (Fsp3) is 0.211. The lowest BCUT2D eigenvalue weighted by Gasteiger charge is -2.11. The third-order valence-electron chi connectivity index (χ3n) is 3.43. The Bertz CT molecular complexity index is 852. The minimum Gasteiger partial charge on any atom is -0.493 e. The molecule has 7 nitrogen and oxygen atoms in total. The van der Waals surface area contributed by atoms with Gasteiger partial charge in [0.15, 0.2) is 30.5 Å². The van der Waals surface area contributed by atoms with Gasteiger partial charge in [-0.15, -0.1) is 0 Å². The molecule has 2 rings (SSSR count). The minimum absolute atomic E-state index is 0.115. The molecular formula is C19H18BrNO6. The van der Waals surface area contributed by atoms with Crippen molar-refractivity contribution in [3.63, 3.8) is 0 Å². The Balaban J connectivity index is 1.83. The molecule has 0 saturated carbocycles. The zero-order valence-electron chi connectivity index (χ0n) is 14.8. The van der Waals surface area contributed by atoms with E-state index in [2.05, 4.69) is 21.2 Å². The predicted molar refractivity (Wildman–Crippen MR) is 102 cm³/mol. The van der Waals surface area contributed by atoms with Crippen LogP contribution in [0.5, 0.6) is 11.5 Å². The maximum absolute atomic E-state index is 11.8. The number of Topliss-reactive ketones (excluding diaryl/α,β-unsaturated/α-hetero) is 1. The van der Waals surface area contributed by atoms with Gasteiger partial charge in [-0.2, -0.15) is 0 Å². The molecule has 0 saturated heterocycles. The molecule has 27 heavy (non-hydrogen) atoms. The van der Waals surface area contributed by atoms with Gasteiger partial charge in [0.2, 0.25) is 0 Å². The molecule has 142 valence electrons. The highest BCUT2D eigenvalue weighted by Gasteiger charge is 2.13. The molecule has 0 bridgehead atoms. The first kappa shape index (κ1) is 20.4. The summed E-state index contributed by atoms with van der Waals surface area (Å²) in [5, 5.41) is 2.62. The Morgan fingerprint density at radius 3 is 2.44 bits per heavy atom. The molecule has 2 aromatic carbocycles. The van der Waals surface area contributed by atoms with E-state index in [0.29, 0.717) is 21.5 Å². The molecule has 1 N–H and O–H groups in total. The maximum Gasteiger partial charge on any atom is 0.344 e. The van der Waals surface area contributed by atoms with Crippen molar-refractivity contribution in [3.8, 4) is 11.5 Å². The van der Waals surface area contributed by atoms with E-state index in [-0.39, 0.29) is 11.5 Å². The van der Waals surface area contributed by atoms with Crippen LogP contribution in [-0.4, -0.2) is 38.0 Å². The topological polar surface area (TPSA) is 90.9 Å². The predicted octanol–water partition coefficient (Wildman–Crippen LogP) is 3.22. The van der Waals surface area contributed by atoms with Crippen LogP contribution in [-0.2, 0) is 14.3 Å². The Hall–Kier alpha value is -2.87. The Kier molecular flexibility index (Phi) is 7.36. The molecule has 0 atom stereocenters. The zero-order valence-corrected chi connectivity index (χ0v) is 16.4. The van der Waals surface area contributed by atoms with Gasteiger partial charge in [0.1, 0.15) is 0 Å². The van der Waals surface area contributed by atoms with Crippen molar-refractivity contribution in [1.29, 1.82) is 0 Å². The van der Waals surface area contributed by atoms with E-state index in [4.69, 9.17) is 14.2 Å². The lowest BCUT2D eigenvalue weighted by molar-refractivity contribution is -0.149. The fourth-order valence-electron chi connectivity index (χ4n) is 2.08. The standard InChI is InChI=1S/C19H18BrNO6/c1-12(22)13-7-8-16(17(9-13)25-2)26-11-19(24)27-10-18(23)21-15-6-4-3-5-14(15)20/h3-9H,10-11H2,1-2H3,(H,21,23). The molecule has 0 aliphatic carbocycles. The van der Waals surface area contributed by atoms with Crippen molar-refractivity contribution in [2.45, 2.75) is 6.92 Å². The van der Waals surface area contributed by atoms with Crippen LogP contribution in [0.1, 0.15) is 17.3 Å². The van der Waals surface area contributed by atoms with E-state index in [1.165, 1.54) is 26.2 Å². The number of hydrogen-bond acceptors (Lipinski definition) is 6. The van der Waals surface area contributed by atoms with Crippen LogP contribution in [0.4, 0.5) is 5.69 Å². The summed E-state index contributed by atoms with van der Waals surface area (Å²) in [6, 6.07) is 11.7. The van der Waals surface area contributed by atoms with E-state index >= 15 is 0 Å². The number of rotatable bonds is 8. The summed E-state index contributed by atoms with van der Waals surface area (Å²) in [5.41, 5.74) is 1.04. The van der Waals surface area contributed by atoms with Crippen LogP contribution in [0.15, 0.2) is 46.9 Å². The van der Waals surface area contributed by atoms with Gasteiger partial charge in [0, 0.05) is 10.0 Å². The van der Waals surface area contributed by atoms with Crippen LogP contribution in [0.25, 0.3) is 0 Å². The lowest BCUT2D eigenvalue weighted by atomic mass is 10.1. The van der Waals surface area contributed by atoms with Crippen LogP contribution < -0.4 is 14.8 Å². The SMILES string of the molecule is COc1cc(C(C)=O)ccc1OCC(=O)OCC(=O)Nc1ccccc1Br. The smallest absolute Gasteiger partial charge is 0.344 e. The molecule has 0 radical (unpaired) electrons. The largest absolute Gasteiger partial charge is 0.493 e. The number of carbonyl (C=O) groups excluding carboxylic acids is 3. The van der Waals surface area contributed by atoms with Crippen molar-refractivity contribution in [1.82, 2.24) is 0 Å². The number of para-hydroxylation sites is 1. The normalized spacial score (nSPS) is 10.0. The third-order valence-corrected chi connectivity index (χ3v) is 4.12. The highest BCUT2D eigenvalue weighted by Crippen LogP contribution is 2.28. The van der Waals surface area contributed by atoms with Crippen molar-refractivity contribution >= 4 is 39.3 Å². The van der Waals surface area contributed by atoms with Gasteiger partial charge in [-0.1, -0.05) is 12.1 Å². The van der Waals surface area contributed by atoms with Gasteiger partial charge in [-0.3, -0.25) is 9.59 Å². The molecule has 0 fully saturated rings. The Morgan fingerprint density at radius 2 is 1.78 bits per heavy atom. The number of halogens is 1. The van der Waals surface area contributed by atoms with Crippen LogP contribution in [0.2, 0.25) is 0 Å². The Morgan fingerprint density at radius 1 is 1.04 bits per heavy atom. The number of benzene rings is 2. The number of esters is 1. The summed E-state index contributed by atoms with van der Waals surface area (Å²) >= 11 is 3.31. The second-order valence-electron chi connectivity index (χ2n) is 5.40. The van der Waals surface area contributed by atoms with Crippen LogP contribution in [0, 0.1) is 0 Å². The fourth-order valence-corrected chi connectivity index (χ4v) is 2.46. The second kappa shape index (κ2) is 9.72. The molecule has 0 aliphatic heterocycles. The second-order valence-corrected chi connectivity index (χ2v) is 6.25. The van der Waals surface area contributed by atoms with E-state index < -0.39 is 25.1 Å². The van der Waals surface area contributed by atoms with Crippen molar-refractivity contribution in [2.75, 3.05) is 25.6 Å². The zero-order chi connectivity index (χ0) is 19.8. The molecule has 8 heteroatoms. The van der Waals surface area contributed by atoms with Crippen LogP contribution in [0.3, 0.4) is 0 Å². The number of ketones is 1. The number of amides is 1. The number of methoxy groups -OCH3 is 1. The highest BCUT2D eigenvalue weighted by atomic mass is 79.9.